The van der Waals surface area contributed by atoms with Crippen LogP contribution in [0.4, 0.5) is 0 Å². The monoisotopic (exact) mass is 262 g/mol. The summed E-state index contributed by atoms with van der Waals surface area (Å²) < 4.78 is 5.36. The van der Waals surface area contributed by atoms with Gasteiger partial charge in [0.15, 0.2) is 0 Å². The second kappa shape index (κ2) is 5.00. The van der Waals surface area contributed by atoms with Gasteiger partial charge in [-0.1, -0.05) is 13.3 Å². The molecule has 0 spiro atoms. The second-order valence-electron chi connectivity index (χ2n) is 5.84. The minimum Gasteiger partial charge on any atom is -0.469 e. The molecule has 2 aliphatic rings. The number of nitrogens with zero attached hydrogens (tertiary/aromatic N) is 1. The molecule has 1 saturated carbocycles. The predicted molar refractivity (Wildman–Crippen MR) is 72.8 cm³/mol. The van der Waals surface area contributed by atoms with E-state index in [0.29, 0.717) is 11.8 Å². The average molecular weight is 262 g/mol. The summed E-state index contributed by atoms with van der Waals surface area (Å²) in [6.45, 7) is 3.69. The molecule has 2 heterocycles. The molecule has 19 heavy (non-hydrogen) atoms. The second-order valence-corrected chi connectivity index (χ2v) is 5.84. The van der Waals surface area contributed by atoms with Crippen molar-refractivity contribution in [2.75, 3.05) is 13.1 Å². The Bertz CT molecular complexity index is 468. The van der Waals surface area contributed by atoms with Crippen LogP contribution >= 0.6 is 0 Å². The van der Waals surface area contributed by atoms with Gasteiger partial charge in [-0.05, 0) is 30.7 Å². The molecule has 3 rings (SSSR count). The van der Waals surface area contributed by atoms with Gasteiger partial charge in [0.2, 0.25) is 0 Å². The van der Waals surface area contributed by atoms with Gasteiger partial charge in [-0.15, -0.1) is 0 Å². The molecule has 3 unspecified atom stereocenters. The highest BCUT2D eigenvalue weighted by Crippen LogP contribution is 2.36. The number of likely N-dealkylation sites (tertiary alicyclic amines) is 1. The number of aryl methyl sites for hydroxylation is 1. The van der Waals surface area contributed by atoms with Crippen LogP contribution in [-0.4, -0.2) is 29.9 Å². The summed E-state index contributed by atoms with van der Waals surface area (Å²) in [7, 11) is 0. The van der Waals surface area contributed by atoms with E-state index in [1.165, 1.54) is 12.8 Å². The smallest absolute Gasteiger partial charge is 0.257 e. The van der Waals surface area contributed by atoms with Gasteiger partial charge in [0.1, 0.15) is 5.76 Å². The van der Waals surface area contributed by atoms with Gasteiger partial charge in [-0.2, -0.15) is 0 Å². The number of hydrogen-bond acceptors (Lipinski definition) is 3. The van der Waals surface area contributed by atoms with Gasteiger partial charge in [0.25, 0.3) is 5.91 Å². The molecule has 1 amide bonds. The summed E-state index contributed by atoms with van der Waals surface area (Å²) in [5.74, 6) is 2.01. The Morgan fingerprint density at radius 3 is 3.05 bits per heavy atom. The lowest BCUT2D eigenvalue weighted by Gasteiger charge is -2.29. The predicted octanol–water partition coefficient (Wildman–Crippen LogP) is 2.04. The Morgan fingerprint density at radius 1 is 1.47 bits per heavy atom. The Hall–Kier alpha value is -1.29. The number of carbonyl (C=O) groups is 1. The largest absolute Gasteiger partial charge is 0.469 e. The van der Waals surface area contributed by atoms with Crippen molar-refractivity contribution in [2.24, 2.45) is 17.6 Å². The van der Waals surface area contributed by atoms with Crippen molar-refractivity contribution in [2.45, 2.75) is 38.6 Å². The van der Waals surface area contributed by atoms with E-state index < -0.39 is 0 Å². The summed E-state index contributed by atoms with van der Waals surface area (Å²) in [6.07, 6.45) is 5.90. The Balaban J connectivity index is 1.75. The highest BCUT2D eigenvalue weighted by molar-refractivity contribution is 5.95. The SMILES string of the molecule is CCc1occc1C(=O)N1CC2CCCC(N)C2C1. The van der Waals surface area contributed by atoms with Crippen molar-refractivity contribution in [1.29, 1.82) is 0 Å². The Kier molecular flexibility index (Phi) is 3.35. The van der Waals surface area contributed by atoms with E-state index >= 15 is 0 Å². The lowest BCUT2D eigenvalue weighted by molar-refractivity contribution is 0.0781. The summed E-state index contributed by atoms with van der Waals surface area (Å²) in [5.41, 5.74) is 6.93. The standard InChI is InChI=1S/C15H22N2O2/c1-2-14-11(6-7-19-14)15(18)17-8-10-4-3-5-13(16)12(10)9-17/h6-7,10,12-13H,2-5,8-9,16H2,1H3. The van der Waals surface area contributed by atoms with Gasteiger partial charge >= 0.3 is 0 Å². The quantitative estimate of drug-likeness (QED) is 0.887. The van der Waals surface area contributed by atoms with Crippen molar-refractivity contribution in [3.8, 4) is 0 Å². The van der Waals surface area contributed by atoms with Gasteiger partial charge in [0.05, 0.1) is 11.8 Å². The van der Waals surface area contributed by atoms with Crippen molar-refractivity contribution in [3.05, 3.63) is 23.7 Å². The first-order valence-corrected chi connectivity index (χ1v) is 7.32. The van der Waals surface area contributed by atoms with E-state index in [2.05, 4.69) is 0 Å². The molecule has 104 valence electrons. The summed E-state index contributed by atoms with van der Waals surface area (Å²) in [5, 5.41) is 0. The number of rotatable bonds is 2. The summed E-state index contributed by atoms with van der Waals surface area (Å²) in [4.78, 5) is 14.5. The minimum atomic E-state index is 0.118. The molecule has 2 N–H and O–H groups in total. The fraction of sp³-hybridized carbons (Fsp3) is 0.667. The number of hydrogen-bond donors (Lipinski definition) is 1. The summed E-state index contributed by atoms with van der Waals surface area (Å²) in [6, 6.07) is 2.06. The van der Waals surface area contributed by atoms with Gasteiger partial charge < -0.3 is 15.1 Å². The van der Waals surface area contributed by atoms with Crippen molar-refractivity contribution in [3.63, 3.8) is 0 Å². The van der Waals surface area contributed by atoms with Crippen molar-refractivity contribution in [1.82, 2.24) is 4.90 Å². The van der Waals surface area contributed by atoms with Crippen LogP contribution in [0.25, 0.3) is 0 Å². The molecule has 4 heteroatoms. The lowest BCUT2D eigenvalue weighted by atomic mass is 9.78. The first kappa shape index (κ1) is 12.7. The zero-order valence-electron chi connectivity index (χ0n) is 11.5. The maximum atomic E-state index is 12.6. The number of nitrogens with two attached hydrogens (primary N) is 1. The molecule has 2 fully saturated rings. The maximum Gasteiger partial charge on any atom is 0.257 e. The Morgan fingerprint density at radius 2 is 2.32 bits per heavy atom. The van der Waals surface area contributed by atoms with E-state index in [1.54, 1.807) is 12.3 Å². The molecule has 1 aliphatic heterocycles. The number of furan rings is 1. The van der Waals surface area contributed by atoms with E-state index in [4.69, 9.17) is 10.2 Å². The minimum absolute atomic E-state index is 0.118. The lowest BCUT2D eigenvalue weighted by Crippen LogP contribution is -2.38. The topological polar surface area (TPSA) is 59.5 Å². The van der Waals surface area contributed by atoms with Crippen LogP contribution in [0.3, 0.4) is 0 Å². The molecule has 0 bridgehead atoms. The van der Waals surface area contributed by atoms with Crippen molar-refractivity contribution < 1.29 is 9.21 Å². The first-order chi connectivity index (χ1) is 9.20. The molecule has 0 aromatic carbocycles. The number of amides is 1. The van der Waals surface area contributed by atoms with Gasteiger partial charge in [0, 0.05) is 25.6 Å². The van der Waals surface area contributed by atoms with Crippen molar-refractivity contribution >= 4 is 5.91 Å². The molecule has 4 nitrogen and oxygen atoms in total. The molecular formula is C15H22N2O2. The highest BCUT2D eigenvalue weighted by Gasteiger charge is 2.40. The first-order valence-electron chi connectivity index (χ1n) is 7.32. The molecule has 1 aromatic heterocycles. The fourth-order valence-corrected chi connectivity index (χ4v) is 3.66. The van der Waals surface area contributed by atoms with Gasteiger partial charge in [-0.3, -0.25) is 4.79 Å². The third-order valence-electron chi connectivity index (χ3n) is 4.74. The van der Waals surface area contributed by atoms with E-state index in [0.717, 1.165) is 37.3 Å². The molecule has 1 saturated heterocycles. The average Bonchev–Trinajstić information content (AvgIpc) is 3.04. The normalized spacial score (nSPS) is 30.4. The van der Waals surface area contributed by atoms with E-state index in [1.807, 2.05) is 11.8 Å². The zero-order chi connectivity index (χ0) is 13.4. The summed E-state index contributed by atoms with van der Waals surface area (Å²) >= 11 is 0. The highest BCUT2D eigenvalue weighted by atomic mass is 16.3. The molecule has 0 radical (unpaired) electrons. The van der Waals surface area contributed by atoms with Crippen LogP contribution in [-0.2, 0) is 6.42 Å². The zero-order valence-corrected chi connectivity index (χ0v) is 11.5. The van der Waals surface area contributed by atoms with Crippen LogP contribution in [0.15, 0.2) is 16.7 Å². The third kappa shape index (κ3) is 2.18. The molecule has 3 atom stereocenters. The number of carbonyl (C=O) groups excluding carboxylic acids is 1. The Labute approximate surface area is 113 Å². The number of fused-ring (bicyclic) bond motifs is 1. The van der Waals surface area contributed by atoms with E-state index in [-0.39, 0.29) is 11.9 Å². The molecular weight excluding hydrogens is 240 g/mol. The van der Waals surface area contributed by atoms with Crippen LogP contribution in [0.1, 0.15) is 42.3 Å². The van der Waals surface area contributed by atoms with E-state index in [9.17, 15) is 4.79 Å². The third-order valence-corrected chi connectivity index (χ3v) is 4.74. The van der Waals surface area contributed by atoms with Crippen LogP contribution in [0.2, 0.25) is 0 Å². The van der Waals surface area contributed by atoms with Crippen LogP contribution in [0.5, 0.6) is 0 Å². The fourth-order valence-electron chi connectivity index (χ4n) is 3.66. The molecule has 1 aliphatic carbocycles. The maximum absolute atomic E-state index is 12.6. The van der Waals surface area contributed by atoms with Crippen LogP contribution in [0, 0.1) is 11.8 Å². The van der Waals surface area contributed by atoms with Crippen LogP contribution < -0.4 is 5.73 Å². The van der Waals surface area contributed by atoms with Gasteiger partial charge in [-0.25, -0.2) is 0 Å². The molecule has 1 aromatic rings.